The zero-order valence-electron chi connectivity index (χ0n) is 15.2. The first-order valence-corrected chi connectivity index (χ1v) is 9.59. The van der Waals surface area contributed by atoms with Crippen molar-refractivity contribution in [2.75, 3.05) is 0 Å². The van der Waals surface area contributed by atoms with Crippen LogP contribution in [0.15, 0.2) is 24.3 Å². The van der Waals surface area contributed by atoms with Crippen LogP contribution in [0.2, 0.25) is 0 Å². The van der Waals surface area contributed by atoms with Gasteiger partial charge in [-0.15, -0.1) is 11.3 Å². The number of hydrogen-bond acceptors (Lipinski definition) is 3. The molecule has 26 heavy (non-hydrogen) atoms. The molecular weight excluding hydrogens is 364 g/mol. The number of amides is 1. The summed E-state index contributed by atoms with van der Waals surface area (Å²) in [5.74, 6) is 0.312. The number of halogens is 1. The van der Waals surface area contributed by atoms with Crippen molar-refractivity contribution in [3.63, 3.8) is 0 Å². The zero-order valence-corrected chi connectivity index (χ0v) is 16.8. The van der Waals surface area contributed by atoms with Crippen LogP contribution in [0.3, 0.4) is 0 Å². The van der Waals surface area contributed by atoms with Crippen LogP contribution >= 0.6 is 11.3 Å². The third-order valence-electron chi connectivity index (χ3n) is 5.18. The summed E-state index contributed by atoms with van der Waals surface area (Å²) in [6.45, 7) is 6.27. The van der Waals surface area contributed by atoms with Gasteiger partial charge in [-0.2, -0.15) is 0 Å². The summed E-state index contributed by atoms with van der Waals surface area (Å²) in [6.07, 6.45) is 3.35. The third-order valence-corrected chi connectivity index (χ3v) is 6.33. The Morgan fingerprint density at radius 1 is 1.31 bits per heavy atom. The number of nitrogens with two attached hydrogens (primary N) is 1. The molecule has 2 heterocycles. The predicted molar refractivity (Wildman–Crippen MR) is 104 cm³/mol. The second-order valence-electron chi connectivity index (χ2n) is 7.21. The number of carbonyl (C=O) groups is 1. The second kappa shape index (κ2) is 7.01. The van der Waals surface area contributed by atoms with Crippen molar-refractivity contribution in [3.8, 4) is 11.1 Å². The van der Waals surface area contributed by atoms with Crippen molar-refractivity contribution >= 4 is 27.5 Å². The van der Waals surface area contributed by atoms with Crippen LogP contribution in [0.1, 0.15) is 45.4 Å². The first-order valence-electron chi connectivity index (χ1n) is 8.77. The van der Waals surface area contributed by atoms with Gasteiger partial charge >= 0.3 is 0 Å². The molecule has 136 valence electrons. The molecular formula is C21H22ClN2OS-. The number of nitrogens with zero attached hydrogens (tertiary/aromatic N) is 1. The molecule has 0 radical (unpaired) electrons. The molecule has 3 nitrogen and oxygen atoms in total. The summed E-state index contributed by atoms with van der Waals surface area (Å²) < 4.78 is 0. The Morgan fingerprint density at radius 2 is 2.08 bits per heavy atom. The van der Waals surface area contributed by atoms with Crippen LogP contribution in [0.4, 0.5) is 0 Å². The van der Waals surface area contributed by atoms with Gasteiger partial charge in [0.25, 0.3) is 5.91 Å². The fraction of sp³-hybridized carbons (Fsp3) is 0.333. The van der Waals surface area contributed by atoms with Crippen molar-refractivity contribution in [2.45, 2.75) is 40.0 Å². The normalized spacial score (nSPS) is 16.2. The highest BCUT2D eigenvalue weighted by Crippen LogP contribution is 2.43. The molecule has 0 spiro atoms. The summed E-state index contributed by atoms with van der Waals surface area (Å²) in [7, 11) is 0. The lowest BCUT2D eigenvalue weighted by molar-refractivity contribution is -0.0000136. The Labute approximate surface area is 164 Å². The largest absolute Gasteiger partial charge is 1.00 e. The first kappa shape index (κ1) is 18.9. The van der Waals surface area contributed by atoms with Crippen LogP contribution in [-0.2, 0) is 12.8 Å². The monoisotopic (exact) mass is 385 g/mol. The quantitative estimate of drug-likeness (QED) is 0.731. The average Bonchev–Trinajstić information content (AvgIpc) is 2.89. The maximum Gasteiger partial charge on any atom is 0.251 e. The highest BCUT2D eigenvalue weighted by atomic mass is 35.5. The summed E-state index contributed by atoms with van der Waals surface area (Å²) in [5, 5.41) is 1.15. The van der Waals surface area contributed by atoms with Gasteiger partial charge in [0.05, 0.1) is 11.3 Å². The topological polar surface area (TPSA) is 56.0 Å². The Kier molecular flexibility index (Phi) is 5.09. The Balaban J connectivity index is 0.00000196. The molecule has 1 amide bonds. The molecule has 1 aliphatic rings. The van der Waals surface area contributed by atoms with Gasteiger partial charge < -0.3 is 18.1 Å². The van der Waals surface area contributed by atoms with Gasteiger partial charge in [-0.25, -0.2) is 4.98 Å². The van der Waals surface area contributed by atoms with E-state index in [4.69, 9.17) is 10.7 Å². The van der Waals surface area contributed by atoms with E-state index in [0.29, 0.717) is 11.5 Å². The molecule has 1 aromatic carbocycles. The standard InChI is InChI=1S/C21H22N2OS.ClH/c1-11-5-4-6-14(9-11)18-17(20(22)24)13(3)23-21-19(18)15-8-7-12(2)10-16(15)25-21;/h4-6,9,12H,7-8,10H2,1-3H3,(H2,22,24);1H/p-1. The van der Waals surface area contributed by atoms with Crippen LogP contribution in [0.25, 0.3) is 21.3 Å². The maximum absolute atomic E-state index is 12.3. The van der Waals surface area contributed by atoms with E-state index in [-0.39, 0.29) is 12.4 Å². The minimum absolute atomic E-state index is 0. The number of aryl methyl sites for hydroxylation is 3. The Bertz CT molecular complexity index is 1010. The number of carbonyl (C=O) groups excluding carboxylic acids is 1. The fourth-order valence-electron chi connectivity index (χ4n) is 3.98. The van der Waals surface area contributed by atoms with Crippen LogP contribution in [0, 0.1) is 19.8 Å². The minimum atomic E-state index is -0.396. The summed E-state index contributed by atoms with van der Waals surface area (Å²) >= 11 is 1.79. The number of benzene rings is 1. The lowest BCUT2D eigenvalue weighted by atomic mass is 9.86. The molecule has 5 heteroatoms. The molecule has 0 bridgehead atoms. The maximum atomic E-state index is 12.3. The minimum Gasteiger partial charge on any atom is -1.00 e. The summed E-state index contributed by atoms with van der Waals surface area (Å²) in [5.41, 5.74) is 11.7. The molecule has 2 aromatic heterocycles. The highest BCUT2D eigenvalue weighted by molar-refractivity contribution is 7.19. The molecule has 0 fully saturated rings. The average molecular weight is 386 g/mol. The smallest absolute Gasteiger partial charge is 0.251 e. The van der Waals surface area contributed by atoms with E-state index in [1.165, 1.54) is 22.4 Å². The van der Waals surface area contributed by atoms with Crippen molar-refractivity contribution < 1.29 is 17.2 Å². The van der Waals surface area contributed by atoms with E-state index >= 15 is 0 Å². The van der Waals surface area contributed by atoms with Crippen LogP contribution in [-0.4, -0.2) is 10.9 Å². The number of thiophene rings is 1. The Morgan fingerprint density at radius 3 is 2.77 bits per heavy atom. The molecule has 1 atom stereocenters. The van der Waals surface area contributed by atoms with Gasteiger partial charge in [0.1, 0.15) is 4.83 Å². The second-order valence-corrected chi connectivity index (χ2v) is 8.30. The van der Waals surface area contributed by atoms with Crippen molar-refractivity contribution in [2.24, 2.45) is 11.7 Å². The molecule has 1 aliphatic carbocycles. The lowest BCUT2D eigenvalue weighted by Crippen LogP contribution is -3.00. The van der Waals surface area contributed by atoms with Gasteiger partial charge in [0.15, 0.2) is 0 Å². The summed E-state index contributed by atoms with van der Waals surface area (Å²) in [6, 6.07) is 8.32. The molecule has 0 saturated heterocycles. The molecule has 0 aliphatic heterocycles. The van der Waals surface area contributed by atoms with Gasteiger partial charge in [-0.05, 0) is 50.2 Å². The van der Waals surface area contributed by atoms with E-state index in [1.807, 2.05) is 13.0 Å². The Hall–Kier alpha value is -1.91. The zero-order chi connectivity index (χ0) is 17.7. The van der Waals surface area contributed by atoms with Crippen molar-refractivity contribution in [1.29, 1.82) is 0 Å². The molecule has 1 unspecified atom stereocenters. The van der Waals surface area contributed by atoms with Crippen LogP contribution < -0.4 is 18.1 Å². The van der Waals surface area contributed by atoms with E-state index in [0.717, 1.165) is 39.9 Å². The highest BCUT2D eigenvalue weighted by Gasteiger charge is 2.27. The number of pyridine rings is 1. The van der Waals surface area contributed by atoms with E-state index < -0.39 is 5.91 Å². The third kappa shape index (κ3) is 3.01. The van der Waals surface area contributed by atoms with E-state index in [9.17, 15) is 4.79 Å². The van der Waals surface area contributed by atoms with Gasteiger partial charge in [-0.3, -0.25) is 4.79 Å². The van der Waals surface area contributed by atoms with Gasteiger partial charge in [0, 0.05) is 15.8 Å². The molecule has 3 aromatic rings. The molecule has 0 saturated carbocycles. The molecule has 4 rings (SSSR count). The first-order chi connectivity index (χ1) is 12.0. The SMILES string of the molecule is Cc1cccc(-c2c(C(N)=O)c(C)nc3sc4c(c23)CCC(C)C4)c1.[Cl-]. The number of aromatic nitrogens is 1. The predicted octanol–water partition coefficient (Wildman–Crippen LogP) is 1.81. The number of primary amides is 1. The number of hydrogen-bond donors (Lipinski definition) is 1. The van der Waals surface area contributed by atoms with Gasteiger partial charge in [0.2, 0.25) is 0 Å². The van der Waals surface area contributed by atoms with Gasteiger partial charge in [-0.1, -0.05) is 36.8 Å². The van der Waals surface area contributed by atoms with Crippen LogP contribution in [0.5, 0.6) is 0 Å². The number of fused-ring (bicyclic) bond motifs is 3. The van der Waals surface area contributed by atoms with E-state index in [2.05, 4.69) is 32.0 Å². The van der Waals surface area contributed by atoms with Crippen molar-refractivity contribution in [1.82, 2.24) is 4.98 Å². The summed E-state index contributed by atoms with van der Waals surface area (Å²) in [4.78, 5) is 19.5. The van der Waals surface area contributed by atoms with E-state index in [1.54, 1.807) is 11.3 Å². The van der Waals surface area contributed by atoms with Crippen molar-refractivity contribution in [3.05, 3.63) is 51.5 Å². The lowest BCUT2D eigenvalue weighted by Gasteiger charge is -2.19. The fourth-order valence-corrected chi connectivity index (χ4v) is 5.42. The number of rotatable bonds is 2. The molecule has 2 N–H and O–H groups in total.